The van der Waals surface area contributed by atoms with Gasteiger partial charge in [0.2, 0.25) is 0 Å². The zero-order valence-corrected chi connectivity index (χ0v) is 8.37. The number of hydrogen-bond donors (Lipinski definition) is 2. The van der Waals surface area contributed by atoms with Gasteiger partial charge in [-0.05, 0) is 49.1 Å². The summed E-state index contributed by atoms with van der Waals surface area (Å²) in [5, 5.41) is 17.6. The van der Waals surface area contributed by atoms with Gasteiger partial charge in [-0.2, -0.15) is 0 Å². The number of carboxylic acids is 1. The van der Waals surface area contributed by atoms with Crippen LogP contribution in [0.1, 0.15) is 27.0 Å². The average Bonchev–Trinajstić information content (AvgIpc) is 2.12. The summed E-state index contributed by atoms with van der Waals surface area (Å²) in [6.07, 6.45) is 0.508. The Morgan fingerprint density at radius 3 is 2.50 bits per heavy atom. The standard InChI is InChI=1S/C11H14O3/c1-7-5-10(11(13)14)6-9(3-4-12)8(7)2/h5-6,12H,3-4H2,1-2H3,(H,13,14). The van der Waals surface area contributed by atoms with Gasteiger partial charge in [-0.15, -0.1) is 0 Å². The third-order valence-electron chi connectivity index (χ3n) is 2.40. The maximum absolute atomic E-state index is 10.8. The minimum atomic E-state index is -0.924. The molecule has 0 saturated carbocycles. The predicted molar refractivity (Wildman–Crippen MR) is 53.7 cm³/mol. The van der Waals surface area contributed by atoms with Crippen molar-refractivity contribution < 1.29 is 15.0 Å². The number of carboxylic acid groups (broad SMARTS) is 1. The van der Waals surface area contributed by atoms with Crippen LogP contribution in [0.15, 0.2) is 12.1 Å². The van der Waals surface area contributed by atoms with Gasteiger partial charge in [-0.1, -0.05) is 0 Å². The molecule has 0 spiro atoms. The number of aromatic carboxylic acids is 1. The highest BCUT2D eigenvalue weighted by Gasteiger charge is 2.08. The van der Waals surface area contributed by atoms with Crippen molar-refractivity contribution in [1.82, 2.24) is 0 Å². The molecule has 0 unspecified atom stereocenters. The average molecular weight is 194 g/mol. The fourth-order valence-electron chi connectivity index (χ4n) is 1.44. The highest BCUT2D eigenvalue weighted by atomic mass is 16.4. The van der Waals surface area contributed by atoms with E-state index in [1.54, 1.807) is 12.1 Å². The monoisotopic (exact) mass is 194 g/mol. The SMILES string of the molecule is Cc1cc(C(=O)O)cc(CCO)c1C. The Morgan fingerprint density at radius 2 is 2.00 bits per heavy atom. The molecule has 0 fully saturated rings. The molecule has 2 N–H and O–H groups in total. The van der Waals surface area contributed by atoms with Gasteiger partial charge in [-0.25, -0.2) is 4.79 Å². The van der Waals surface area contributed by atoms with Crippen LogP contribution in [0.4, 0.5) is 0 Å². The second kappa shape index (κ2) is 4.24. The van der Waals surface area contributed by atoms with Crippen molar-refractivity contribution in [3.8, 4) is 0 Å². The van der Waals surface area contributed by atoms with Gasteiger partial charge >= 0.3 is 5.97 Å². The van der Waals surface area contributed by atoms with Crippen molar-refractivity contribution in [3.05, 3.63) is 34.4 Å². The number of aliphatic hydroxyl groups excluding tert-OH is 1. The summed E-state index contributed by atoms with van der Waals surface area (Å²) in [4.78, 5) is 10.8. The fourth-order valence-corrected chi connectivity index (χ4v) is 1.44. The lowest BCUT2D eigenvalue weighted by atomic mass is 9.98. The molecule has 14 heavy (non-hydrogen) atoms. The predicted octanol–water partition coefficient (Wildman–Crippen LogP) is 1.54. The smallest absolute Gasteiger partial charge is 0.335 e. The Kier molecular flexibility index (Phi) is 3.25. The maximum atomic E-state index is 10.8. The summed E-state index contributed by atoms with van der Waals surface area (Å²) < 4.78 is 0. The lowest BCUT2D eigenvalue weighted by Gasteiger charge is -2.08. The van der Waals surface area contributed by atoms with E-state index in [1.165, 1.54) is 0 Å². The van der Waals surface area contributed by atoms with E-state index in [0.29, 0.717) is 6.42 Å². The van der Waals surface area contributed by atoms with Crippen LogP contribution in [0.5, 0.6) is 0 Å². The topological polar surface area (TPSA) is 57.5 Å². The van der Waals surface area contributed by atoms with Crippen LogP contribution in [0.2, 0.25) is 0 Å². The van der Waals surface area contributed by atoms with Crippen LogP contribution >= 0.6 is 0 Å². The van der Waals surface area contributed by atoms with Crippen molar-refractivity contribution in [1.29, 1.82) is 0 Å². The number of aliphatic hydroxyl groups is 1. The third kappa shape index (κ3) is 2.12. The van der Waals surface area contributed by atoms with Crippen molar-refractivity contribution in [2.45, 2.75) is 20.3 Å². The van der Waals surface area contributed by atoms with Crippen molar-refractivity contribution in [2.24, 2.45) is 0 Å². The molecule has 1 aromatic rings. The van der Waals surface area contributed by atoms with Crippen molar-refractivity contribution in [2.75, 3.05) is 6.61 Å². The largest absolute Gasteiger partial charge is 0.478 e. The van der Waals surface area contributed by atoms with Crippen LogP contribution < -0.4 is 0 Å². The summed E-state index contributed by atoms with van der Waals surface area (Å²) in [7, 11) is 0. The van der Waals surface area contributed by atoms with Gasteiger partial charge in [0, 0.05) is 6.61 Å². The van der Waals surface area contributed by atoms with Gasteiger partial charge in [0.05, 0.1) is 5.56 Å². The molecular weight excluding hydrogens is 180 g/mol. The first-order valence-corrected chi connectivity index (χ1v) is 4.50. The van der Waals surface area contributed by atoms with E-state index < -0.39 is 5.97 Å². The van der Waals surface area contributed by atoms with Gasteiger partial charge in [-0.3, -0.25) is 0 Å². The normalized spacial score (nSPS) is 10.2. The maximum Gasteiger partial charge on any atom is 0.335 e. The highest BCUT2D eigenvalue weighted by Crippen LogP contribution is 2.16. The molecular formula is C11H14O3. The number of aryl methyl sites for hydroxylation is 1. The van der Waals surface area contributed by atoms with Gasteiger partial charge in [0.25, 0.3) is 0 Å². The molecule has 0 aliphatic heterocycles. The Hall–Kier alpha value is -1.35. The van der Waals surface area contributed by atoms with E-state index in [0.717, 1.165) is 16.7 Å². The second-order valence-electron chi connectivity index (χ2n) is 3.36. The fraction of sp³-hybridized carbons (Fsp3) is 0.364. The molecule has 1 aromatic carbocycles. The first-order chi connectivity index (χ1) is 6.56. The molecule has 1 rings (SSSR count). The van der Waals surface area contributed by atoms with Gasteiger partial charge in [0.1, 0.15) is 0 Å². The summed E-state index contributed by atoms with van der Waals surface area (Å²) in [6, 6.07) is 3.28. The van der Waals surface area contributed by atoms with Crippen molar-refractivity contribution >= 4 is 5.97 Å². The first kappa shape index (κ1) is 10.7. The molecule has 0 radical (unpaired) electrons. The van der Waals surface area contributed by atoms with Crippen LogP contribution in [0.3, 0.4) is 0 Å². The van der Waals surface area contributed by atoms with E-state index in [4.69, 9.17) is 10.2 Å². The summed E-state index contributed by atoms with van der Waals surface area (Å²) in [6.45, 7) is 3.86. The molecule has 0 atom stereocenters. The van der Waals surface area contributed by atoms with Crippen LogP contribution in [0, 0.1) is 13.8 Å². The first-order valence-electron chi connectivity index (χ1n) is 4.50. The van der Waals surface area contributed by atoms with Crippen LogP contribution in [-0.4, -0.2) is 22.8 Å². The third-order valence-corrected chi connectivity index (χ3v) is 2.40. The quantitative estimate of drug-likeness (QED) is 0.767. The number of benzene rings is 1. The molecule has 0 aliphatic carbocycles. The van der Waals surface area contributed by atoms with E-state index >= 15 is 0 Å². The lowest BCUT2D eigenvalue weighted by Crippen LogP contribution is -2.03. The summed E-state index contributed by atoms with van der Waals surface area (Å²) >= 11 is 0. The Bertz CT molecular complexity index is 356. The number of rotatable bonds is 3. The van der Waals surface area contributed by atoms with Crippen molar-refractivity contribution in [3.63, 3.8) is 0 Å². The van der Waals surface area contributed by atoms with Gasteiger partial charge in [0.15, 0.2) is 0 Å². The zero-order valence-electron chi connectivity index (χ0n) is 8.37. The minimum Gasteiger partial charge on any atom is -0.478 e. The van der Waals surface area contributed by atoms with Crippen LogP contribution in [0.25, 0.3) is 0 Å². The van der Waals surface area contributed by atoms with E-state index in [1.807, 2.05) is 13.8 Å². The van der Waals surface area contributed by atoms with E-state index in [-0.39, 0.29) is 12.2 Å². The molecule has 0 aliphatic rings. The Balaban J connectivity index is 3.20. The highest BCUT2D eigenvalue weighted by molar-refractivity contribution is 5.88. The molecule has 0 bridgehead atoms. The second-order valence-corrected chi connectivity index (χ2v) is 3.36. The minimum absolute atomic E-state index is 0.0450. The molecule has 0 heterocycles. The summed E-state index contributed by atoms with van der Waals surface area (Å²) in [5.74, 6) is -0.924. The molecule has 3 nitrogen and oxygen atoms in total. The molecule has 0 saturated heterocycles. The molecule has 76 valence electrons. The molecule has 3 heteroatoms. The Morgan fingerprint density at radius 1 is 1.36 bits per heavy atom. The lowest BCUT2D eigenvalue weighted by molar-refractivity contribution is 0.0696. The zero-order chi connectivity index (χ0) is 10.7. The summed E-state index contributed by atoms with van der Waals surface area (Å²) in [5.41, 5.74) is 3.21. The van der Waals surface area contributed by atoms with E-state index in [2.05, 4.69) is 0 Å². The molecule has 0 aromatic heterocycles. The van der Waals surface area contributed by atoms with Crippen LogP contribution in [-0.2, 0) is 6.42 Å². The molecule has 0 amide bonds. The van der Waals surface area contributed by atoms with Gasteiger partial charge < -0.3 is 10.2 Å². The Labute approximate surface area is 83.0 Å². The number of hydrogen-bond acceptors (Lipinski definition) is 2. The van der Waals surface area contributed by atoms with E-state index in [9.17, 15) is 4.79 Å². The number of carbonyl (C=O) groups is 1.